The summed E-state index contributed by atoms with van der Waals surface area (Å²) in [5, 5.41) is 0. The van der Waals surface area contributed by atoms with Gasteiger partial charge in [-0.15, -0.1) is 0 Å². The van der Waals surface area contributed by atoms with Crippen LogP contribution < -0.4 is 4.90 Å². The fourth-order valence-electron chi connectivity index (χ4n) is 5.76. The molecule has 1 aliphatic heterocycles. The molecule has 1 atom stereocenters. The van der Waals surface area contributed by atoms with Crippen molar-refractivity contribution < 1.29 is 19.1 Å². The SMILES string of the molecule is COC(=O)C(OC(C)(C)C)c1c2c(nc(C)c1-c1ccc(C)c(C)c1)N(CC1CCCCC1)C(=O)CC2. The van der Waals surface area contributed by atoms with E-state index in [-0.39, 0.29) is 5.91 Å². The molecule has 1 unspecified atom stereocenters. The van der Waals surface area contributed by atoms with Gasteiger partial charge in [-0.05, 0) is 83.4 Å². The van der Waals surface area contributed by atoms with Crippen LogP contribution in [0.4, 0.5) is 5.82 Å². The summed E-state index contributed by atoms with van der Waals surface area (Å²) in [6.07, 6.45) is 5.98. The van der Waals surface area contributed by atoms with Crippen molar-refractivity contribution in [2.45, 2.75) is 98.2 Å². The smallest absolute Gasteiger partial charge is 0.339 e. The topological polar surface area (TPSA) is 68.7 Å². The first-order valence-electron chi connectivity index (χ1n) is 13.7. The van der Waals surface area contributed by atoms with Gasteiger partial charge in [-0.3, -0.25) is 9.69 Å². The molecular formula is C31H42N2O4. The monoisotopic (exact) mass is 506 g/mol. The number of anilines is 1. The van der Waals surface area contributed by atoms with E-state index in [2.05, 4.69) is 32.0 Å². The minimum atomic E-state index is -0.929. The van der Waals surface area contributed by atoms with E-state index in [9.17, 15) is 9.59 Å². The Hall–Kier alpha value is -2.73. The number of carbonyl (C=O) groups excluding carboxylic acids is 2. The van der Waals surface area contributed by atoms with E-state index in [1.54, 1.807) is 0 Å². The maximum atomic E-state index is 13.3. The Kier molecular flexibility index (Phi) is 8.08. The van der Waals surface area contributed by atoms with Crippen LogP contribution in [0.5, 0.6) is 0 Å². The van der Waals surface area contributed by atoms with Crippen LogP contribution in [-0.2, 0) is 25.5 Å². The lowest BCUT2D eigenvalue weighted by molar-refractivity contribution is -0.164. The Morgan fingerprint density at radius 2 is 1.78 bits per heavy atom. The minimum absolute atomic E-state index is 0.112. The van der Waals surface area contributed by atoms with Crippen molar-refractivity contribution in [1.82, 2.24) is 4.98 Å². The molecule has 0 bridgehead atoms. The Morgan fingerprint density at radius 3 is 2.41 bits per heavy atom. The maximum absolute atomic E-state index is 13.3. The van der Waals surface area contributed by atoms with Gasteiger partial charge in [0.05, 0.1) is 12.7 Å². The third-order valence-electron chi connectivity index (χ3n) is 7.76. The molecule has 0 saturated heterocycles. The second-order valence-corrected chi connectivity index (χ2v) is 11.7. The zero-order valence-corrected chi connectivity index (χ0v) is 23.6. The number of ether oxygens (including phenoxy) is 2. The normalized spacial score (nSPS) is 17.5. The van der Waals surface area contributed by atoms with Crippen molar-refractivity contribution in [2.75, 3.05) is 18.6 Å². The van der Waals surface area contributed by atoms with E-state index >= 15 is 0 Å². The van der Waals surface area contributed by atoms with E-state index < -0.39 is 17.7 Å². The molecule has 6 nitrogen and oxygen atoms in total. The summed E-state index contributed by atoms with van der Waals surface area (Å²) >= 11 is 0. The summed E-state index contributed by atoms with van der Waals surface area (Å²) in [7, 11) is 1.40. The van der Waals surface area contributed by atoms with Gasteiger partial charge in [0, 0.05) is 35.3 Å². The number of rotatable bonds is 6. The van der Waals surface area contributed by atoms with Gasteiger partial charge in [0.1, 0.15) is 5.82 Å². The second-order valence-electron chi connectivity index (χ2n) is 11.7. The number of esters is 1. The third kappa shape index (κ3) is 5.90. The Bertz CT molecular complexity index is 1170. The molecule has 0 N–H and O–H groups in total. The third-order valence-corrected chi connectivity index (χ3v) is 7.76. The molecule has 1 saturated carbocycles. The lowest BCUT2D eigenvalue weighted by atomic mass is 9.85. The summed E-state index contributed by atoms with van der Waals surface area (Å²) in [6.45, 7) is 12.7. The van der Waals surface area contributed by atoms with E-state index in [4.69, 9.17) is 14.5 Å². The van der Waals surface area contributed by atoms with Crippen LogP contribution in [0.3, 0.4) is 0 Å². The highest BCUT2D eigenvalue weighted by Gasteiger charge is 2.38. The number of fused-ring (bicyclic) bond motifs is 1. The summed E-state index contributed by atoms with van der Waals surface area (Å²) < 4.78 is 11.7. The number of aromatic nitrogens is 1. The molecule has 2 aliphatic rings. The number of nitrogens with zero attached hydrogens (tertiary/aromatic N) is 2. The fraction of sp³-hybridized carbons (Fsp3) is 0.581. The number of carbonyl (C=O) groups is 2. The summed E-state index contributed by atoms with van der Waals surface area (Å²) in [5.74, 6) is 0.842. The van der Waals surface area contributed by atoms with Crippen LogP contribution >= 0.6 is 0 Å². The Balaban J connectivity index is 1.95. The van der Waals surface area contributed by atoms with Gasteiger partial charge in [-0.1, -0.05) is 37.5 Å². The van der Waals surface area contributed by atoms with Gasteiger partial charge >= 0.3 is 5.97 Å². The van der Waals surface area contributed by atoms with Crippen LogP contribution in [0.1, 0.15) is 93.3 Å². The average Bonchev–Trinajstić information content (AvgIpc) is 2.85. The van der Waals surface area contributed by atoms with Gasteiger partial charge in [0.25, 0.3) is 0 Å². The molecule has 4 rings (SSSR count). The van der Waals surface area contributed by atoms with E-state index in [1.807, 2.05) is 32.6 Å². The van der Waals surface area contributed by atoms with Crippen LogP contribution in [0.15, 0.2) is 18.2 Å². The Morgan fingerprint density at radius 1 is 1.08 bits per heavy atom. The van der Waals surface area contributed by atoms with Crippen molar-refractivity contribution in [1.29, 1.82) is 0 Å². The van der Waals surface area contributed by atoms with Gasteiger partial charge in [-0.25, -0.2) is 9.78 Å². The largest absolute Gasteiger partial charge is 0.467 e. The predicted molar refractivity (Wildman–Crippen MR) is 147 cm³/mol. The van der Waals surface area contributed by atoms with Crippen molar-refractivity contribution in [2.24, 2.45) is 5.92 Å². The molecule has 2 heterocycles. The van der Waals surface area contributed by atoms with Crippen molar-refractivity contribution in [3.8, 4) is 11.1 Å². The first-order valence-corrected chi connectivity index (χ1v) is 13.7. The maximum Gasteiger partial charge on any atom is 0.339 e. The van der Waals surface area contributed by atoms with E-state index in [0.29, 0.717) is 31.1 Å². The molecular weight excluding hydrogens is 464 g/mol. The quantitative estimate of drug-likeness (QED) is 0.415. The summed E-state index contributed by atoms with van der Waals surface area (Å²) in [5.41, 5.74) is 6.17. The number of hydrogen-bond acceptors (Lipinski definition) is 5. The molecule has 1 aromatic heterocycles. The fourth-order valence-corrected chi connectivity index (χ4v) is 5.76. The highest BCUT2D eigenvalue weighted by Crippen LogP contribution is 2.43. The molecule has 1 aromatic carbocycles. The molecule has 0 radical (unpaired) electrons. The highest BCUT2D eigenvalue weighted by atomic mass is 16.6. The molecule has 1 fully saturated rings. The van der Waals surface area contributed by atoms with E-state index in [1.165, 1.54) is 37.5 Å². The van der Waals surface area contributed by atoms with Gasteiger partial charge in [0.2, 0.25) is 5.91 Å². The number of hydrogen-bond donors (Lipinski definition) is 0. The van der Waals surface area contributed by atoms with Crippen LogP contribution in [0.25, 0.3) is 11.1 Å². The second kappa shape index (κ2) is 10.9. The van der Waals surface area contributed by atoms with Crippen molar-refractivity contribution in [3.63, 3.8) is 0 Å². The van der Waals surface area contributed by atoms with Crippen LogP contribution in [0.2, 0.25) is 0 Å². The standard InChI is InChI=1S/C31H42N2O4/c1-19-13-14-23(17-20(19)2)26-21(3)32-29-24(27(26)28(30(35)36-7)37-31(4,5)6)15-16-25(34)33(29)18-22-11-9-8-10-12-22/h13-14,17,22,28H,8-12,15-16,18H2,1-7H3. The number of amides is 1. The first kappa shape index (κ1) is 27.3. The van der Waals surface area contributed by atoms with Crippen LogP contribution in [-0.4, -0.2) is 36.1 Å². The number of pyridine rings is 1. The van der Waals surface area contributed by atoms with Crippen molar-refractivity contribution in [3.05, 3.63) is 46.1 Å². The molecule has 1 amide bonds. The lowest BCUT2D eigenvalue weighted by Crippen LogP contribution is -2.41. The number of methoxy groups -OCH3 is 1. The summed E-state index contributed by atoms with van der Waals surface area (Å²) in [6, 6.07) is 6.33. The molecule has 37 heavy (non-hydrogen) atoms. The highest BCUT2D eigenvalue weighted by molar-refractivity contribution is 5.97. The zero-order chi connectivity index (χ0) is 26.9. The van der Waals surface area contributed by atoms with Crippen molar-refractivity contribution >= 4 is 17.7 Å². The molecule has 1 aliphatic carbocycles. The number of benzene rings is 1. The van der Waals surface area contributed by atoms with E-state index in [0.717, 1.165) is 40.8 Å². The molecule has 6 heteroatoms. The number of aryl methyl sites for hydroxylation is 3. The average molecular weight is 507 g/mol. The first-order chi connectivity index (χ1) is 17.5. The molecule has 2 aromatic rings. The van der Waals surface area contributed by atoms with Gasteiger partial charge in [0.15, 0.2) is 6.10 Å². The minimum Gasteiger partial charge on any atom is -0.467 e. The van der Waals surface area contributed by atoms with Crippen LogP contribution in [0, 0.1) is 26.7 Å². The van der Waals surface area contributed by atoms with Gasteiger partial charge < -0.3 is 9.47 Å². The lowest BCUT2D eigenvalue weighted by Gasteiger charge is -2.36. The summed E-state index contributed by atoms with van der Waals surface area (Å²) in [4.78, 5) is 33.5. The zero-order valence-electron chi connectivity index (χ0n) is 23.6. The Labute approximate surface area is 221 Å². The molecule has 200 valence electrons. The van der Waals surface area contributed by atoms with Gasteiger partial charge in [-0.2, -0.15) is 0 Å². The predicted octanol–water partition coefficient (Wildman–Crippen LogP) is 6.56. The molecule has 0 spiro atoms.